The van der Waals surface area contributed by atoms with E-state index in [2.05, 4.69) is 24.3 Å². The first-order valence-corrected chi connectivity index (χ1v) is 9.16. The summed E-state index contributed by atoms with van der Waals surface area (Å²) in [6.07, 6.45) is 8.75. The lowest BCUT2D eigenvalue weighted by atomic mass is 9.52. The summed E-state index contributed by atoms with van der Waals surface area (Å²) in [5.74, 6) is 2.70. The van der Waals surface area contributed by atoms with Gasteiger partial charge >= 0.3 is 0 Å². The van der Waals surface area contributed by atoms with E-state index in [9.17, 15) is 5.11 Å². The van der Waals surface area contributed by atoms with Gasteiger partial charge in [0, 0.05) is 7.11 Å². The minimum atomic E-state index is -0.0543. The molecule has 2 heteroatoms. The van der Waals surface area contributed by atoms with E-state index >= 15 is 0 Å². The van der Waals surface area contributed by atoms with Crippen LogP contribution in [0.3, 0.4) is 0 Å². The van der Waals surface area contributed by atoms with Gasteiger partial charge in [0.05, 0.1) is 5.60 Å². The van der Waals surface area contributed by atoms with Gasteiger partial charge in [-0.2, -0.15) is 0 Å². The van der Waals surface area contributed by atoms with E-state index in [4.69, 9.17) is 4.74 Å². The number of benzene rings is 2. The summed E-state index contributed by atoms with van der Waals surface area (Å²) < 4.78 is 6.15. The number of ether oxygens (including phenoxy) is 1. The quantitative estimate of drug-likeness (QED) is 0.829. The summed E-state index contributed by atoms with van der Waals surface area (Å²) in [7, 11) is 1.89. The van der Waals surface area contributed by atoms with Gasteiger partial charge in [0.1, 0.15) is 5.75 Å². The van der Waals surface area contributed by atoms with Crippen LogP contribution in [-0.2, 0) is 4.74 Å². The molecule has 2 aromatic carbocycles. The van der Waals surface area contributed by atoms with Crippen molar-refractivity contribution in [3.05, 3.63) is 47.5 Å². The first-order chi connectivity index (χ1) is 11.7. The number of hydrogen-bond donors (Lipinski definition) is 1. The SMILES string of the molecule is COC12CC3CC(CC(C3)C1=Cc1cc(O)cc3ccccc13)C2. The third kappa shape index (κ3) is 2.05. The Morgan fingerprint density at radius 3 is 2.58 bits per heavy atom. The second-order valence-corrected chi connectivity index (χ2v) is 8.10. The largest absolute Gasteiger partial charge is 0.508 e. The van der Waals surface area contributed by atoms with Gasteiger partial charge in [-0.1, -0.05) is 30.3 Å². The van der Waals surface area contributed by atoms with E-state index in [1.807, 2.05) is 25.3 Å². The predicted molar refractivity (Wildman–Crippen MR) is 96.9 cm³/mol. The Hall–Kier alpha value is -1.80. The summed E-state index contributed by atoms with van der Waals surface area (Å²) in [6, 6.07) is 12.1. The number of phenolic OH excluding ortho intramolecular Hbond substituents is 1. The lowest BCUT2D eigenvalue weighted by Gasteiger charge is -2.57. The summed E-state index contributed by atoms with van der Waals surface area (Å²) in [4.78, 5) is 0. The fourth-order valence-corrected chi connectivity index (χ4v) is 5.92. The number of rotatable bonds is 2. The molecule has 1 N–H and O–H groups in total. The average molecular weight is 320 g/mol. The summed E-state index contributed by atoms with van der Waals surface area (Å²) >= 11 is 0. The fraction of sp³-hybridized carbons (Fsp3) is 0.455. The topological polar surface area (TPSA) is 29.5 Å². The zero-order valence-electron chi connectivity index (χ0n) is 14.2. The molecule has 4 saturated carbocycles. The maximum Gasteiger partial charge on any atom is 0.116 e. The lowest BCUT2D eigenvalue weighted by molar-refractivity contribution is -0.0997. The number of hydrogen-bond acceptors (Lipinski definition) is 2. The molecule has 2 atom stereocenters. The van der Waals surface area contributed by atoms with Crippen molar-refractivity contribution in [2.75, 3.05) is 7.11 Å². The monoisotopic (exact) mass is 320 g/mol. The number of phenols is 1. The highest BCUT2D eigenvalue weighted by atomic mass is 16.5. The second-order valence-electron chi connectivity index (χ2n) is 8.10. The molecule has 124 valence electrons. The summed E-state index contributed by atoms with van der Waals surface area (Å²) in [5.41, 5.74) is 2.55. The first-order valence-electron chi connectivity index (χ1n) is 9.16. The third-order valence-corrected chi connectivity index (χ3v) is 6.69. The summed E-state index contributed by atoms with van der Waals surface area (Å²) in [5, 5.41) is 12.5. The summed E-state index contributed by atoms with van der Waals surface area (Å²) in [6.45, 7) is 0. The first kappa shape index (κ1) is 14.5. The van der Waals surface area contributed by atoms with Gasteiger partial charge in [0.2, 0.25) is 0 Å². The molecule has 0 heterocycles. The van der Waals surface area contributed by atoms with Gasteiger partial charge in [0.15, 0.2) is 0 Å². The predicted octanol–water partition coefficient (Wildman–Crippen LogP) is 5.15. The molecular weight excluding hydrogens is 296 g/mol. The molecule has 4 aliphatic carbocycles. The molecule has 0 aromatic heterocycles. The molecule has 4 aliphatic rings. The number of aromatic hydroxyl groups is 1. The van der Waals surface area contributed by atoms with Gasteiger partial charge in [-0.15, -0.1) is 0 Å². The van der Waals surface area contributed by atoms with E-state index in [0.717, 1.165) is 22.8 Å². The Morgan fingerprint density at radius 1 is 1.08 bits per heavy atom. The zero-order valence-corrected chi connectivity index (χ0v) is 14.2. The fourth-order valence-electron chi connectivity index (χ4n) is 5.92. The van der Waals surface area contributed by atoms with Crippen molar-refractivity contribution in [3.63, 3.8) is 0 Å². The molecular formula is C22H24O2. The van der Waals surface area contributed by atoms with Crippen molar-refractivity contribution in [1.82, 2.24) is 0 Å². The Balaban J connectivity index is 1.68. The molecule has 24 heavy (non-hydrogen) atoms. The van der Waals surface area contributed by atoms with Gasteiger partial charge in [0.25, 0.3) is 0 Å². The minimum absolute atomic E-state index is 0.0543. The standard InChI is InChI=1S/C22H24O2/c1-24-22-12-14-6-15(13-22)8-18(7-14)21(22)11-17-10-19(23)9-16-4-2-3-5-20(16)17/h2-5,9-11,14-15,18,23H,6-8,12-13H2,1H3. The van der Waals surface area contributed by atoms with E-state index in [-0.39, 0.29) is 5.60 Å². The maximum atomic E-state index is 10.2. The lowest BCUT2D eigenvalue weighted by Crippen LogP contribution is -2.53. The molecule has 2 unspecified atom stereocenters. The Labute approximate surface area is 143 Å². The Bertz CT molecular complexity index is 821. The highest BCUT2D eigenvalue weighted by Gasteiger charge is 2.54. The molecule has 0 radical (unpaired) electrons. The van der Waals surface area contributed by atoms with Crippen molar-refractivity contribution in [1.29, 1.82) is 0 Å². The highest BCUT2D eigenvalue weighted by Crippen LogP contribution is 2.60. The van der Waals surface area contributed by atoms with Crippen LogP contribution < -0.4 is 0 Å². The molecule has 4 bridgehead atoms. The van der Waals surface area contributed by atoms with Crippen molar-refractivity contribution in [2.24, 2.45) is 17.8 Å². The molecule has 0 amide bonds. The van der Waals surface area contributed by atoms with Crippen molar-refractivity contribution in [2.45, 2.75) is 37.7 Å². The number of fused-ring (bicyclic) bond motifs is 1. The molecule has 6 rings (SSSR count). The van der Waals surface area contributed by atoms with Gasteiger partial charge in [-0.05, 0) is 83.9 Å². The maximum absolute atomic E-state index is 10.2. The van der Waals surface area contributed by atoms with Crippen LogP contribution in [0.1, 0.15) is 37.7 Å². The van der Waals surface area contributed by atoms with Crippen LogP contribution in [0.25, 0.3) is 16.8 Å². The van der Waals surface area contributed by atoms with Gasteiger partial charge < -0.3 is 9.84 Å². The van der Waals surface area contributed by atoms with Crippen molar-refractivity contribution in [3.8, 4) is 5.75 Å². The Morgan fingerprint density at radius 2 is 1.83 bits per heavy atom. The zero-order chi connectivity index (χ0) is 16.3. The smallest absolute Gasteiger partial charge is 0.116 e. The van der Waals surface area contributed by atoms with E-state index < -0.39 is 0 Å². The van der Waals surface area contributed by atoms with E-state index in [1.54, 1.807) is 0 Å². The molecule has 0 spiro atoms. The van der Waals surface area contributed by atoms with Crippen LogP contribution in [0.2, 0.25) is 0 Å². The van der Waals surface area contributed by atoms with Crippen LogP contribution in [0, 0.1) is 17.8 Å². The van der Waals surface area contributed by atoms with Crippen molar-refractivity contribution >= 4 is 16.8 Å². The second kappa shape index (κ2) is 5.10. The normalized spacial score (nSPS) is 35.9. The average Bonchev–Trinajstić information content (AvgIpc) is 2.57. The Kier molecular flexibility index (Phi) is 3.09. The van der Waals surface area contributed by atoms with E-state index in [0.29, 0.717) is 11.7 Å². The van der Waals surface area contributed by atoms with Crippen LogP contribution in [0.4, 0.5) is 0 Å². The van der Waals surface area contributed by atoms with Crippen molar-refractivity contribution < 1.29 is 9.84 Å². The third-order valence-electron chi connectivity index (χ3n) is 6.69. The molecule has 2 nitrogen and oxygen atoms in total. The molecule has 4 fully saturated rings. The molecule has 0 aliphatic heterocycles. The number of methoxy groups -OCH3 is 1. The van der Waals surface area contributed by atoms with Gasteiger partial charge in [-0.25, -0.2) is 0 Å². The molecule has 0 saturated heterocycles. The highest BCUT2D eigenvalue weighted by molar-refractivity contribution is 5.92. The van der Waals surface area contributed by atoms with Crippen LogP contribution in [0.15, 0.2) is 42.0 Å². The van der Waals surface area contributed by atoms with E-state index in [1.165, 1.54) is 43.1 Å². The van der Waals surface area contributed by atoms with Gasteiger partial charge in [-0.3, -0.25) is 0 Å². The van der Waals surface area contributed by atoms with Crippen LogP contribution >= 0.6 is 0 Å². The van der Waals surface area contributed by atoms with Crippen LogP contribution in [0.5, 0.6) is 5.75 Å². The molecule has 2 aromatic rings. The van der Waals surface area contributed by atoms with Crippen LogP contribution in [-0.4, -0.2) is 17.8 Å². The minimum Gasteiger partial charge on any atom is -0.508 e.